The number of nitrogens with one attached hydrogen (secondary N) is 2. The van der Waals surface area contributed by atoms with Gasteiger partial charge in [0.05, 0.1) is 0 Å². The molecule has 0 aromatic heterocycles. The van der Waals surface area contributed by atoms with Gasteiger partial charge in [-0.25, -0.2) is 4.79 Å². The summed E-state index contributed by atoms with van der Waals surface area (Å²) in [6.07, 6.45) is 0.602. The molecule has 0 spiro atoms. The average molecular weight is 174 g/mol. The Morgan fingerprint density at radius 1 is 1.50 bits per heavy atom. The lowest BCUT2D eigenvalue weighted by molar-refractivity contribution is 0.220. The van der Waals surface area contributed by atoms with Crippen LogP contribution in [-0.4, -0.2) is 30.8 Å². The van der Waals surface area contributed by atoms with Crippen molar-refractivity contribution in [2.24, 2.45) is 5.92 Å². The van der Waals surface area contributed by atoms with Crippen molar-refractivity contribution in [1.82, 2.24) is 10.6 Å². The molecule has 0 bridgehead atoms. The molecular weight excluding hydrogens is 156 g/mol. The minimum atomic E-state index is -0.192. The van der Waals surface area contributed by atoms with Crippen LogP contribution in [0.5, 0.6) is 0 Å². The standard InChI is InChI=1S/C8H18N2O2/c1-6(2)7(4-5-11)10-8(12)9-3/h6-7,11H,4-5H2,1-3H3,(H2,9,10,12). The summed E-state index contributed by atoms with van der Waals surface area (Å²) in [5.74, 6) is 0.342. The predicted molar refractivity (Wildman–Crippen MR) is 47.9 cm³/mol. The molecule has 0 aliphatic rings. The van der Waals surface area contributed by atoms with Crippen LogP contribution in [0.15, 0.2) is 0 Å². The number of hydrogen-bond donors (Lipinski definition) is 3. The Hall–Kier alpha value is -0.770. The third kappa shape index (κ3) is 4.18. The first-order chi connectivity index (χ1) is 5.61. The summed E-state index contributed by atoms with van der Waals surface area (Å²) in [7, 11) is 1.58. The molecule has 1 atom stereocenters. The first-order valence-corrected chi connectivity index (χ1v) is 4.21. The second-order valence-corrected chi connectivity index (χ2v) is 3.09. The van der Waals surface area contributed by atoms with Gasteiger partial charge < -0.3 is 15.7 Å². The molecule has 0 aliphatic heterocycles. The molecule has 0 heterocycles. The molecule has 2 amide bonds. The van der Waals surface area contributed by atoms with E-state index < -0.39 is 0 Å². The normalized spacial score (nSPS) is 12.8. The molecular formula is C8H18N2O2. The molecule has 0 aromatic rings. The largest absolute Gasteiger partial charge is 0.396 e. The van der Waals surface area contributed by atoms with E-state index in [4.69, 9.17) is 5.11 Å². The molecule has 0 aliphatic carbocycles. The minimum absolute atomic E-state index is 0.0509. The molecule has 4 nitrogen and oxygen atoms in total. The Kier molecular flexibility index (Phi) is 5.45. The zero-order valence-corrected chi connectivity index (χ0v) is 7.92. The SMILES string of the molecule is CNC(=O)NC(CCO)C(C)C. The van der Waals surface area contributed by atoms with Gasteiger partial charge in [0.15, 0.2) is 0 Å². The van der Waals surface area contributed by atoms with Crippen molar-refractivity contribution in [1.29, 1.82) is 0 Å². The van der Waals surface area contributed by atoms with E-state index in [1.165, 1.54) is 0 Å². The number of carbonyl (C=O) groups excluding carboxylic acids is 1. The van der Waals surface area contributed by atoms with Gasteiger partial charge in [0.2, 0.25) is 0 Å². The number of hydrogen-bond acceptors (Lipinski definition) is 2. The third-order valence-electron chi connectivity index (χ3n) is 1.79. The fraction of sp³-hybridized carbons (Fsp3) is 0.875. The van der Waals surface area contributed by atoms with E-state index in [2.05, 4.69) is 10.6 Å². The Bertz CT molecular complexity index is 137. The van der Waals surface area contributed by atoms with Gasteiger partial charge >= 0.3 is 6.03 Å². The van der Waals surface area contributed by atoms with Gasteiger partial charge in [-0.15, -0.1) is 0 Å². The number of aliphatic hydroxyl groups is 1. The minimum Gasteiger partial charge on any atom is -0.396 e. The highest BCUT2D eigenvalue weighted by Gasteiger charge is 2.13. The van der Waals surface area contributed by atoms with E-state index in [1.54, 1.807) is 7.05 Å². The first kappa shape index (κ1) is 11.2. The summed E-state index contributed by atoms with van der Waals surface area (Å²) in [5, 5.41) is 13.9. The van der Waals surface area contributed by atoms with Crippen molar-refractivity contribution in [2.45, 2.75) is 26.3 Å². The maximum Gasteiger partial charge on any atom is 0.314 e. The quantitative estimate of drug-likeness (QED) is 0.575. The van der Waals surface area contributed by atoms with Crippen LogP contribution in [0.25, 0.3) is 0 Å². The van der Waals surface area contributed by atoms with E-state index in [-0.39, 0.29) is 18.7 Å². The maximum absolute atomic E-state index is 10.9. The van der Waals surface area contributed by atoms with Crippen molar-refractivity contribution in [2.75, 3.05) is 13.7 Å². The summed E-state index contributed by atoms with van der Waals surface area (Å²) in [4.78, 5) is 10.9. The Morgan fingerprint density at radius 3 is 2.42 bits per heavy atom. The number of urea groups is 1. The molecule has 4 heteroatoms. The van der Waals surface area contributed by atoms with Gasteiger partial charge in [0.25, 0.3) is 0 Å². The molecule has 72 valence electrons. The summed E-state index contributed by atoms with van der Waals surface area (Å²) >= 11 is 0. The predicted octanol–water partition coefficient (Wildman–Crippen LogP) is 0.322. The summed E-state index contributed by atoms with van der Waals surface area (Å²) in [6.45, 7) is 4.12. The topological polar surface area (TPSA) is 61.4 Å². The lowest BCUT2D eigenvalue weighted by Gasteiger charge is -2.20. The van der Waals surface area contributed by atoms with Gasteiger partial charge in [0, 0.05) is 19.7 Å². The molecule has 0 fully saturated rings. The lowest BCUT2D eigenvalue weighted by Crippen LogP contribution is -2.43. The van der Waals surface area contributed by atoms with Gasteiger partial charge in [-0.1, -0.05) is 13.8 Å². The Balaban J connectivity index is 3.86. The van der Waals surface area contributed by atoms with E-state index in [9.17, 15) is 4.79 Å². The lowest BCUT2D eigenvalue weighted by atomic mass is 10.0. The van der Waals surface area contributed by atoms with E-state index in [0.717, 1.165) is 0 Å². The molecule has 12 heavy (non-hydrogen) atoms. The Morgan fingerprint density at radius 2 is 2.08 bits per heavy atom. The summed E-state index contributed by atoms with van der Waals surface area (Å²) in [6, 6.07) is -0.142. The highest BCUT2D eigenvalue weighted by atomic mass is 16.3. The van der Waals surface area contributed by atoms with Crippen LogP contribution in [0.2, 0.25) is 0 Å². The molecule has 0 aromatic carbocycles. The number of aliphatic hydroxyl groups excluding tert-OH is 1. The Labute approximate surface area is 73.3 Å². The number of rotatable bonds is 4. The maximum atomic E-state index is 10.9. The fourth-order valence-electron chi connectivity index (χ4n) is 0.952. The third-order valence-corrected chi connectivity index (χ3v) is 1.79. The van der Waals surface area contributed by atoms with Crippen LogP contribution < -0.4 is 10.6 Å². The van der Waals surface area contributed by atoms with Crippen LogP contribution in [0.1, 0.15) is 20.3 Å². The monoisotopic (exact) mass is 174 g/mol. The molecule has 0 radical (unpaired) electrons. The van der Waals surface area contributed by atoms with Gasteiger partial charge in [-0.3, -0.25) is 0 Å². The molecule has 0 saturated carbocycles. The summed E-state index contributed by atoms with van der Waals surface area (Å²) in [5.41, 5.74) is 0. The number of amides is 2. The van der Waals surface area contributed by atoms with Crippen molar-refractivity contribution < 1.29 is 9.90 Å². The van der Waals surface area contributed by atoms with Crippen LogP contribution in [0.4, 0.5) is 4.79 Å². The number of carbonyl (C=O) groups is 1. The molecule has 0 saturated heterocycles. The second-order valence-electron chi connectivity index (χ2n) is 3.09. The van der Waals surface area contributed by atoms with Crippen LogP contribution in [0, 0.1) is 5.92 Å². The summed E-state index contributed by atoms with van der Waals surface area (Å²) < 4.78 is 0. The van der Waals surface area contributed by atoms with E-state index >= 15 is 0 Å². The van der Waals surface area contributed by atoms with Crippen molar-refractivity contribution in [3.63, 3.8) is 0 Å². The van der Waals surface area contributed by atoms with Gasteiger partial charge in [-0.05, 0) is 12.3 Å². The average Bonchev–Trinajstić information content (AvgIpc) is 2.03. The second kappa shape index (κ2) is 5.83. The molecule has 3 N–H and O–H groups in total. The first-order valence-electron chi connectivity index (χ1n) is 4.21. The fourth-order valence-corrected chi connectivity index (χ4v) is 0.952. The van der Waals surface area contributed by atoms with Crippen molar-refractivity contribution >= 4 is 6.03 Å². The van der Waals surface area contributed by atoms with Gasteiger partial charge in [0.1, 0.15) is 0 Å². The highest BCUT2D eigenvalue weighted by Crippen LogP contribution is 2.04. The van der Waals surface area contributed by atoms with E-state index in [1.807, 2.05) is 13.8 Å². The van der Waals surface area contributed by atoms with Gasteiger partial charge in [-0.2, -0.15) is 0 Å². The van der Waals surface area contributed by atoms with Crippen LogP contribution in [0.3, 0.4) is 0 Å². The zero-order chi connectivity index (χ0) is 9.56. The van der Waals surface area contributed by atoms with Crippen molar-refractivity contribution in [3.05, 3.63) is 0 Å². The zero-order valence-electron chi connectivity index (χ0n) is 7.92. The molecule has 1 unspecified atom stereocenters. The smallest absolute Gasteiger partial charge is 0.314 e. The van der Waals surface area contributed by atoms with E-state index in [0.29, 0.717) is 12.3 Å². The highest BCUT2D eigenvalue weighted by molar-refractivity contribution is 5.73. The van der Waals surface area contributed by atoms with Crippen molar-refractivity contribution in [3.8, 4) is 0 Å². The van der Waals surface area contributed by atoms with Crippen LogP contribution in [-0.2, 0) is 0 Å². The van der Waals surface area contributed by atoms with Crippen LogP contribution >= 0.6 is 0 Å². The molecule has 0 rings (SSSR count).